The Morgan fingerprint density at radius 2 is 2.26 bits per heavy atom. The van der Waals surface area contributed by atoms with Crippen molar-refractivity contribution in [3.8, 4) is 0 Å². The van der Waals surface area contributed by atoms with Crippen molar-refractivity contribution in [2.24, 2.45) is 0 Å². The summed E-state index contributed by atoms with van der Waals surface area (Å²) in [7, 11) is 0. The molecule has 1 aromatic heterocycles. The van der Waals surface area contributed by atoms with Crippen LogP contribution in [0.15, 0.2) is 6.20 Å². The molecule has 5 nitrogen and oxygen atoms in total. The normalized spacial score (nSPS) is 17.6. The molecule has 0 unspecified atom stereocenters. The fourth-order valence-electron chi connectivity index (χ4n) is 2.53. The van der Waals surface area contributed by atoms with E-state index >= 15 is 0 Å². The summed E-state index contributed by atoms with van der Waals surface area (Å²) in [6.07, 6.45) is 6.21. The number of amides is 1. The van der Waals surface area contributed by atoms with Crippen LogP contribution in [0.4, 0.5) is 0 Å². The van der Waals surface area contributed by atoms with E-state index in [1.165, 1.54) is 19.4 Å². The molecule has 19 heavy (non-hydrogen) atoms. The van der Waals surface area contributed by atoms with Crippen LogP contribution in [0.1, 0.15) is 48.7 Å². The molecule has 2 N–H and O–H groups in total. The molecule has 1 fully saturated rings. The van der Waals surface area contributed by atoms with E-state index in [0.717, 1.165) is 31.6 Å². The van der Waals surface area contributed by atoms with E-state index in [-0.39, 0.29) is 5.91 Å². The number of nitrogens with one attached hydrogen (secondary N) is 2. The Bertz CT molecular complexity index is 407. The van der Waals surface area contributed by atoms with Crippen molar-refractivity contribution in [1.29, 1.82) is 0 Å². The van der Waals surface area contributed by atoms with Crippen LogP contribution < -0.4 is 5.32 Å². The van der Waals surface area contributed by atoms with Gasteiger partial charge in [0.1, 0.15) is 0 Å². The lowest BCUT2D eigenvalue weighted by molar-refractivity contribution is 0.0910. The molecule has 0 bridgehead atoms. The quantitative estimate of drug-likeness (QED) is 0.851. The van der Waals surface area contributed by atoms with Gasteiger partial charge in [0.2, 0.25) is 0 Å². The van der Waals surface area contributed by atoms with Gasteiger partial charge < -0.3 is 10.2 Å². The molecule has 1 aliphatic heterocycles. The number of rotatable bonds is 5. The molecule has 2 heterocycles. The molecule has 1 aromatic rings. The highest BCUT2D eigenvalue weighted by molar-refractivity contribution is 5.95. The lowest BCUT2D eigenvalue weighted by Gasteiger charge is -2.32. The molecule has 1 aliphatic rings. The summed E-state index contributed by atoms with van der Waals surface area (Å²) in [5.74, 6) is -0.00161. The zero-order valence-corrected chi connectivity index (χ0v) is 11.9. The first-order chi connectivity index (χ1) is 9.20. The summed E-state index contributed by atoms with van der Waals surface area (Å²) in [5.41, 5.74) is 1.49. The number of hydrogen-bond acceptors (Lipinski definition) is 3. The number of carbonyl (C=O) groups is 1. The zero-order chi connectivity index (χ0) is 13.7. The highest BCUT2D eigenvalue weighted by Gasteiger charge is 2.21. The number of aryl methyl sites for hydroxylation is 1. The molecule has 0 saturated carbocycles. The number of aromatic amines is 1. The van der Waals surface area contributed by atoms with Crippen LogP contribution in [0.25, 0.3) is 0 Å². The fraction of sp³-hybridized carbons (Fsp3) is 0.714. The van der Waals surface area contributed by atoms with E-state index in [9.17, 15) is 4.79 Å². The minimum atomic E-state index is -0.00161. The van der Waals surface area contributed by atoms with Crippen LogP contribution in [-0.2, 0) is 0 Å². The van der Waals surface area contributed by atoms with Gasteiger partial charge >= 0.3 is 0 Å². The van der Waals surface area contributed by atoms with Crippen molar-refractivity contribution in [2.75, 3.05) is 19.6 Å². The lowest BCUT2D eigenvalue weighted by Crippen LogP contribution is -2.44. The fourth-order valence-corrected chi connectivity index (χ4v) is 2.53. The second-order valence-electron chi connectivity index (χ2n) is 5.35. The van der Waals surface area contributed by atoms with Gasteiger partial charge in [-0.3, -0.25) is 9.89 Å². The van der Waals surface area contributed by atoms with Crippen molar-refractivity contribution in [3.63, 3.8) is 0 Å². The maximum atomic E-state index is 12.1. The van der Waals surface area contributed by atoms with Gasteiger partial charge in [-0.15, -0.1) is 0 Å². The second-order valence-corrected chi connectivity index (χ2v) is 5.35. The number of hydrogen-bond donors (Lipinski definition) is 2. The molecule has 5 heteroatoms. The van der Waals surface area contributed by atoms with Crippen LogP contribution in [0.3, 0.4) is 0 Å². The summed E-state index contributed by atoms with van der Waals surface area (Å²) in [6.45, 7) is 7.47. The van der Waals surface area contributed by atoms with E-state index < -0.39 is 0 Å². The predicted molar refractivity (Wildman–Crippen MR) is 75.2 cm³/mol. The Morgan fingerprint density at radius 3 is 2.84 bits per heavy atom. The molecule has 0 aliphatic carbocycles. The first kappa shape index (κ1) is 14.1. The van der Waals surface area contributed by atoms with Gasteiger partial charge in [-0.2, -0.15) is 5.10 Å². The third kappa shape index (κ3) is 3.80. The van der Waals surface area contributed by atoms with E-state index in [1.807, 2.05) is 6.92 Å². The average Bonchev–Trinajstić information content (AvgIpc) is 2.84. The SMILES string of the molecule is CCCCN1CCC(NC(=O)c2cn[nH]c2C)CC1. The third-order valence-corrected chi connectivity index (χ3v) is 3.83. The van der Waals surface area contributed by atoms with E-state index in [0.29, 0.717) is 11.6 Å². The van der Waals surface area contributed by atoms with Crippen molar-refractivity contribution in [2.45, 2.75) is 45.6 Å². The van der Waals surface area contributed by atoms with Crippen molar-refractivity contribution >= 4 is 5.91 Å². The molecular formula is C14H24N4O. The summed E-state index contributed by atoms with van der Waals surface area (Å²) in [4.78, 5) is 14.6. The van der Waals surface area contributed by atoms with Gasteiger partial charge in [-0.1, -0.05) is 13.3 Å². The second kappa shape index (κ2) is 6.70. The Labute approximate surface area is 114 Å². The molecule has 0 atom stereocenters. The van der Waals surface area contributed by atoms with Gasteiger partial charge in [0.15, 0.2) is 0 Å². The molecular weight excluding hydrogens is 240 g/mol. The highest BCUT2D eigenvalue weighted by atomic mass is 16.1. The van der Waals surface area contributed by atoms with Gasteiger partial charge in [-0.25, -0.2) is 0 Å². The minimum absolute atomic E-state index is 0.00161. The topological polar surface area (TPSA) is 61.0 Å². The Morgan fingerprint density at radius 1 is 1.53 bits per heavy atom. The maximum Gasteiger partial charge on any atom is 0.254 e. The molecule has 2 rings (SSSR count). The molecule has 1 amide bonds. The van der Waals surface area contributed by atoms with E-state index in [2.05, 4.69) is 27.3 Å². The summed E-state index contributed by atoms with van der Waals surface area (Å²) in [5, 5.41) is 9.80. The Kier molecular flexibility index (Phi) is 4.96. The van der Waals surface area contributed by atoms with E-state index in [4.69, 9.17) is 0 Å². The largest absolute Gasteiger partial charge is 0.349 e. The molecule has 0 radical (unpaired) electrons. The first-order valence-electron chi connectivity index (χ1n) is 7.24. The molecule has 0 spiro atoms. The lowest BCUT2D eigenvalue weighted by atomic mass is 10.0. The summed E-state index contributed by atoms with van der Waals surface area (Å²) in [6, 6.07) is 0.305. The van der Waals surface area contributed by atoms with Crippen LogP contribution in [-0.4, -0.2) is 46.7 Å². The Balaban J connectivity index is 1.77. The predicted octanol–water partition coefficient (Wildman–Crippen LogP) is 1.71. The minimum Gasteiger partial charge on any atom is -0.349 e. The standard InChI is InChI=1S/C14H24N4O/c1-3-4-7-18-8-5-12(6-9-18)16-14(19)13-10-15-17-11(13)2/h10,12H,3-9H2,1-2H3,(H,15,17)(H,16,19). The smallest absolute Gasteiger partial charge is 0.254 e. The number of aromatic nitrogens is 2. The Hall–Kier alpha value is -1.36. The van der Waals surface area contributed by atoms with Crippen LogP contribution in [0.5, 0.6) is 0 Å². The molecule has 0 aromatic carbocycles. The van der Waals surface area contributed by atoms with Gasteiger partial charge in [0.25, 0.3) is 5.91 Å². The number of unbranched alkanes of at least 4 members (excludes halogenated alkanes) is 1. The number of H-pyrrole nitrogens is 1. The highest BCUT2D eigenvalue weighted by Crippen LogP contribution is 2.12. The summed E-state index contributed by atoms with van der Waals surface area (Å²) >= 11 is 0. The third-order valence-electron chi connectivity index (χ3n) is 3.83. The van der Waals surface area contributed by atoms with Gasteiger partial charge in [0, 0.05) is 24.8 Å². The van der Waals surface area contributed by atoms with Crippen LogP contribution in [0, 0.1) is 6.92 Å². The zero-order valence-electron chi connectivity index (χ0n) is 11.9. The van der Waals surface area contributed by atoms with Crippen molar-refractivity contribution < 1.29 is 4.79 Å². The first-order valence-corrected chi connectivity index (χ1v) is 7.24. The van der Waals surface area contributed by atoms with Crippen LogP contribution in [0.2, 0.25) is 0 Å². The average molecular weight is 264 g/mol. The monoisotopic (exact) mass is 264 g/mol. The van der Waals surface area contributed by atoms with Crippen molar-refractivity contribution in [1.82, 2.24) is 20.4 Å². The van der Waals surface area contributed by atoms with Crippen molar-refractivity contribution in [3.05, 3.63) is 17.5 Å². The number of carbonyl (C=O) groups excluding carboxylic acids is 1. The van der Waals surface area contributed by atoms with E-state index in [1.54, 1.807) is 6.20 Å². The number of likely N-dealkylation sites (tertiary alicyclic amines) is 1. The number of piperidine rings is 1. The van der Waals surface area contributed by atoms with Crippen LogP contribution >= 0.6 is 0 Å². The van der Waals surface area contributed by atoms with Gasteiger partial charge in [-0.05, 0) is 32.7 Å². The maximum absolute atomic E-state index is 12.1. The van der Waals surface area contributed by atoms with Gasteiger partial charge in [0.05, 0.1) is 11.8 Å². The number of nitrogens with zero attached hydrogens (tertiary/aromatic N) is 2. The summed E-state index contributed by atoms with van der Waals surface area (Å²) < 4.78 is 0. The molecule has 106 valence electrons. The molecule has 1 saturated heterocycles.